The number of esters is 1. The lowest BCUT2D eigenvalue weighted by molar-refractivity contribution is -0.136. The number of carbonyl (C=O) groups is 1. The van der Waals surface area contributed by atoms with Crippen molar-refractivity contribution in [3.63, 3.8) is 0 Å². The van der Waals surface area contributed by atoms with Crippen molar-refractivity contribution in [2.24, 2.45) is 0 Å². The van der Waals surface area contributed by atoms with Gasteiger partial charge in [-0.05, 0) is 23.8 Å². The molecule has 1 aromatic carbocycles. The van der Waals surface area contributed by atoms with Crippen LogP contribution in [0, 0.1) is 5.82 Å². The van der Waals surface area contributed by atoms with Gasteiger partial charge in [-0.15, -0.1) is 6.58 Å². The molecule has 0 saturated carbocycles. The minimum Gasteiger partial charge on any atom is -0.458 e. The standard InChI is InChI=1S/C13H11FO2/c1-2-11(12-6-7-16-13(12)15)9-4-3-5-10(14)8-9/h2-6,8,11H,1,7H2/t11-/m1/s1. The quantitative estimate of drug-likeness (QED) is 0.575. The largest absolute Gasteiger partial charge is 0.458 e. The third-order valence-electron chi connectivity index (χ3n) is 2.53. The summed E-state index contributed by atoms with van der Waals surface area (Å²) in [4.78, 5) is 11.4. The summed E-state index contributed by atoms with van der Waals surface area (Å²) in [5.74, 6) is -0.976. The highest BCUT2D eigenvalue weighted by Gasteiger charge is 2.25. The van der Waals surface area contributed by atoms with E-state index in [-0.39, 0.29) is 24.3 Å². The van der Waals surface area contributed by atoms with E-state index in [4.69, 9.17) is 4.74 Å². The maximum absolute atomic E-state index is 13.1. The fourth-order valence-electron chi connectivity index (χ4n) is 1.77. The summed E-state index contributed by atoms with van der Waals surface area (Å²) in [6.07, 6.45) is 3.33. The van der Waals surface area contributed by atoms with Crippen molar-refractivity contribution in [2.45, 2.75) is 5.92 Å². The number of cyclic esters (lactones) is 1. The van der Waals surface area contributed by atoms with Gasteiger partial charge >= 0.3 is 5.97 Å². The lowest BCUT2D eigenvalue weighted by Crippen LogP contribution is -2.07. The van der Waals surface area contributed by atoms with Crippen molar-refractivity contribution >= 4 is 5.97 Å². The minimum atomic E-state index is -0.353. The van der Waals surface area contributed by atoms with Gasteiger partial charge < -0.3 is 4.74 Å². The Balaban J connectivity index is 2.36. The van der Waals surface area contributed by atoms with Crippen molar-refractivity contribution < 1.29 is 13.9 Å². The van der Waals surface area contributed by atoms with Crippen molar-refractivity contribution in [3.05, 3.63) is 60.0 Å². The third-order valence-corrected chi connectivity index (χ3v) is 2.53. The van der Waals surface area contributed by atoms with Crippen LogP contribution in [-0.2, 0) is 9.53 Å². The highest BCUT2D eigenvalue weighted by Crippen LogP contribution is 2.29. The molecule has 1 atom stereocenters. The van der Waals surface area contributed by atoms with Crippen molar-refractivity contribution in [3.8, 4) is 0 Å². The predicted molar refractivity (Wildman–Crippen MR) is 58.4 cm³/mol. The number of benzene rings is 1. The molecular weight excluding hydrogens is 207 g/mol. The van der Waals surface area contributed by atoms with Crippen LogP contribution in [0.3, 0.4) is 0 Å². The van der Waals surface area contributed by atoms with Gasteiger partial charge in [-0.2, -0.15) is 0 Å². The number of halogens is 1. The van der Waals surface area contributed by atoms with Gasteiger partial charge in [0.05, 0.1) is 0 Å². The number of ether oxygens (including phenoxy) is 1. The molecule has 0 bridgehead atoms. The first-order valence-electron chi connectivity index (χ1n) is 4.97. The number of hydrogen-bond donors (Lipinski definition) is 0. The lowest BCUT2D eigenvalue weighted by Gasteiger charge is -2.12. The van der Waals surface area contributed by atoms with E-state index in [1.807, 2.05) is 0 Å². The second kappa shape index (κ2) is 4.31. The second-order valence-electron chi connectivity index (χ2n) is 3.53. The van der Waals surface area contributed by atoms with Gasteiger partial charge in [0, 0.05) is 11.5 Å². The topological polar surface area (TPSA) is 26.3 Å². The molecule has 1 aliphatic heterocycles. The van der Waals surface area contributed by atoms with Gasteiger partial charge in [-0.1, -0.05) is 18.2 Å². The van der Waals surface area contributed by atoms with E-state index in [1.54, 1.807) is 24.3 Å². The van der Waals surface area contributed by atoms with E-state index in [2.05, 4.69) is 6.58 Å². The molecule has 0 unspecified atom stereocenters. The van der Waals surface area contributed by atoms with Gasteiger partial charge in [-0.25, -0.2) is 9.18 Å². The first-order chi connectivity index (χ1) is 7.72. The van der Waals surface area contributed by atoms with E-state index < -0.39 is 0 Å². The van der Waals surface area contributed by atoms with Gasteiger partial charge in [0.15, 0.2) is 0 Å². The maximum Gasteiger partial charge on any atom is 0.335 e. The van der Waals surface area contributed by atoms with Crippen LogP contribution in [0.1, 0.15) is 11.5 Å². The van der Waals surface area contributed by atoms with Crippen molar-refractivity contribution in [1.82, 2.24) is 0 Å². The van der Waals surface area contributed by atoms with Crippen molar-refractivity contribution in [1.29, 1.82) is 0 Å². The molecule has 0 aromatic heterocycles. The zero-order chi connectivity index (χ0) is 11.5. The van der Waals surface area contributed by atoms with E-state index in [1.165, 1.54) is 12.1 Å². The summed E-state index contributed by atoms with van der Waals surface area (Å²) in [6.45, 7) is 3.96. The molecule has 0 fully saturated rings. The van der Waals surface area contributed by atoms with Crippen LogP contribution < -0.4 is 0 Å². The highest BCUT2D eigenvalue weighted by molar-refractivity contribution is 5.92. The maximum atomic E-state index is 13.1. The summed E-state index contributed by atoms with van der Waals surface area (Å²) in [6, 6.07) is 6.15. The van der Waals surface area contributed by atoms with Gasteiger partial charge in [-0.3, -0.25) is 0 Å². The van der Waals surface area contributed by atoms with Crippen molar-refractivity contribution in [2.75, 3.05) is 6.61 Å². The van der Waals surface area contributed by atoms with Crippen LogP contribution in [0.2, 0.25) is 0 Å². The summed E-state index contributed by atoms with van der Waals surface area (Å²) in [5.41, 5.74) is 1.24. The Morgan fingerprint density at radius 3 is 2.88 bits per heavy atom. The summed E-state index contributed by atoms with van der Waals surface area (Å²) < 4.78 is 17.9. The molecule has 1 aliphatic rings. The molecule has 3 heteroatoms. The molecule has 0 radical (unpaired) electrons. The summed E-state index contributed by atoms with van der Waals surface area (Å²) in [5, 5.41) is 0. The zero-order valence-corrected chi connectivity index (χ0v) is 8.65. The zero-order valence-electron chi connectivity index (χ0n) is 8.65. The summed E-state index contributed by atoms with van der Waals surface area (Å²) in [7, 11) is 0. The average molecular weight is 218 g/mol. The van der Waals surface area contributed by atoms with E-state index in [0.29, 0.717) is 11.1 Å². The Bertz CT molecular complexity index is 463. The Labute approximate surface area is 93.0 Å². The third kappa shape index (κ3) is 1.89. The molecule has 0 N–H and O–H groups in total. The Hall–Kier alpha value is -1.90. The van der Waals surface area contributed by atoms with E-state index in [9.17, 15) is 9.18 Å². The van der Waals surface area contributed by atoms with Gasteiger partial charge in [0.25, 0.3) is 0 Å². The van der Waals surface area contributed by atoms with Gasteiger partial charge in [0.2, 0.25) is 0 Å². The fraction of sp³-hybridized carbons (Fsp3) is 0.154. The molecular formula is C13H11FO2. The molecule has 2 rings (SSSR count). The highest BCUT2D eigenvalue weighted by atomic mass is 19.1. The van der Waals surface area contributed by atoms with Gasteiger partial charge in [0.1, 0.15) is 12.4 Å². The molecule has 16 heavy (non-hydrogen) atoms. The van der Waals surface area contributed by atoms with Crippen LogP contribution in [0.15, 0.2) is 48.6 Å². The number of hydrogen-bond acceptors (Lipinski definition) is 2. The monoisotopic (exact) mass is 218 g/mol. The molecule has 1 aromatic rings. The van der Waals surface area contributed by atoms with Crippen LogP contribution in [0.25, 0.3) is 0 Å². The van der Waals surface area contributed by atoms with Crippen LogP contribution in [-0.4, -0.2) is 12.6 Å². The average Bonchev–Trinajstić information content (AvgIpc) is 2.67. The van der Waals surface area contributed by atoms with E-state index in [0.717, 1.165) is 0 Å². The summed E-state index contributed by atoms with van der Waals surface area (Å²) >= 11 is 0. The van der Waals surface area contributed by atoms with E-state index >= 15 is 0 Å². The Morgan fingerprint density at radius 1 is 1.50 bits per heavy atom. The molecule has 0 spiro atoms. The predicted octanol–water partition coefficient (Wildman–Crippen LogP) is 2.58. The van der Waals surface area contributed by atoms with Crippen LogP contribution in [0.5, 0.6) is 0 Å². The Kier molecular flexibility index (Phi) is 2.86. The Morgan fingerprint density at radius 2 is 2.31 bits per heavy atom. The first-order valence-corrected chi connectivity index (χ1v) is 4.97. The molecule has 0 saturated heterocycles. The molecule has 82 valence electrons. The molecule has 1 heterocycles. The SMILES string of the molecule is C=C[C@@H](C1=CCOC1=O)c1cccc(F)c1. The minimum absolute atomic E-state index is 0.286. The smallest absolute Gasteiger partial charge is 0.335 e. The molecule has 2 nitrogen and oxygen atoms in total. The normalized spacial score (nSPS) is 16.6. The first kappa shape index (κ1) is 10.6. The lowest BCUT2D eigenvalue weighted by atomic mass is 9.91. The number of carbonyl (C=O) groups excluding carboxylic acids is 1. The molecule has 0 aliphatic carbocycles. The molecule has 0 amide bonds. The van der Waals surface area contributed by atoms with Crippen LogP contribution in [0.4, 0.5) is 4.39 Å². The number of rotatable bonds is 3. The second-order valence-corrected chi connectivity index (χ2v) is 3.53. The number of allylic oxidation sites excluding steroid dienone is 1. The van der Waals surface area contributed by atoms with Crippen LogP contribution >= 0.6 is 0 Å². The fourth-order valence-corrected chi connectivity index (χ4v) is 1.77.